The van der Waals surface area contributed by atoms with Gasteiger partial charge in [-0.2, -0.15) is 0 Å². The highest BCUT2D eigenvalue weighted by Gasteiger charge is 2.15. The van der Waals surface area contributed by atoms with Crippen molar-refractivity contribution in [2.45, 2.75) is 6.92 Å². The van der Waals surface area contributed by atoms with Crippen molar-refractivity contribution in [2.75, 3.05) is 0 Å². The van der Waals surface area contributed by atoms with Crippen LogP contribution in [0, 0.1) is 6.92 Å². The van der Waals surface area contributed by atoms with Crippen molar-refractivity contribution in [2.24, 2.45) is 0 Å². The number of benzene rings is 1. The van der Waals surface area contributed by atoms with Gasteiger partial charge in [0.1, 0.15) is 0 Å². The first-order chi connectivity index (χ1) is 5.46. The lowest BCUT2D eigenvalue weighted by atomic mass is 10.2. The third kappa shape index (κ3) is 1.71. The van der Waals surface area contributed by atoms with Gasteiger partial charge in [-0.15, -0.1) is 0 Å². The molecule has 0 aromatic heterocycles. The Morgan fingerprint density at radius 2 is 1.33 bits per heavy atom. The zero-order valence-electron chi connectivity index (χ0n) is 5.89. The highest BCUT2D eigenvalue weighted by atomic mass is 79.9. The third-order valence-electron chi connectivity index (χ3n) is 1.43. The Hall–Kier alpha value is 0.860. The highest BCUT2D eigenvalue weighted by molar-refractivity contribution is 9.10. The van der Waals surface area contributed by atoms with E-state index in [1.165, 1.54) is 0 Å². The Labute approximate surface area is 98.9 Å². The van der Waals surface area contributed by atoms with Gasteiger partial charge >= 0.3 is 0 Å². The lowest BCUT2D eigenvalue weighted by Crippen LogP contribution is -1.83. The molecule has 12 heavy (non-hydrogen) atoms. The van der Waals surface area contributed by atoms with Gasteiger partial charge in [-0.05, 0) is 28.4 Å². The molecular weight excluding hydrogens is 306 g/mol. The van der Waals surface area contributed by atoms with Gasteiger partial charge in [0.25, 0.3) is 0 Å². The van der Waals surface area contributed by atoms with E-state index in [1.54, 1.807) is 6.92 Å². The summed E-state index contributed by atoms with van der Waals surface area (Å²) in [5.41, 5.74) is 0.722. The number of hydrogen-bond donors (Lipinski definition) is 0. The van der Waals surface area contributed by atoms with Crippen LogP contribution in [-0.2, 0) is 0 Å². The fourth-order valence-corrected chi connectivity index (χ4v) is 2.27. The summed E-state index contributed by atoms with van der Waals surface area (Å²) in [4.78, 5) is 0. The minimum atomic E-state index is 0.326. The highest BCUT2D eigenvalue weighted by Crippen LogP contribution is 2.43. The van der Waals surface area contributed by atoms with E-state index in [0.717, 1.165) is 5.56 Å². The summed E-state index contributed by atoms with van der Waals surface area (Å²) in [6.07, 6.45) is 0. The predicted octanol–water partition coefficient (Wildman–Crippen LogP) is 5.37. The van der Waals surface area contributed by atoms with Crippen molar-refractivity contribution in [1.29, 1.82) is 0 Å². The molecule has 0 saturated carbocycles. The van der Waals surface area contributed by atoms with Crippen molar-refractivity contribution in [3.63, 3.8) is 0 Å². The molecule has 1 rings (SSSR count). The molecule has 0 nitrogen and oxygen atoms in total. The third-order valence-corrected chi connectivity index (χ3v) is 4.57. The van der Waals surface area contributed by atoms with Crippen LogP contribution in [0.5, 0.6) is 0 Å². The van der Waals surface area contributed by atoms with Crippen molar-refractivity contribution >= 4 is 62.3 Å². The molecule has 5 heteroatoms. The van der Waals surface area contributed by atoms with E-state index in [9.17, 15) is 0 Å². The first-order valence-electron chi connectivity index (χ1n) is 2.94. The molecule has 0 heterocycles. The van der Waals surface area contributed by atoms with Crippen LogP contribution >= 0.6 is 62.3 Å². The Balaban J connectivity index is 3.60. The van der Waals surface area contributed by atoms with E-state index >= 15 is 0 Å². The van der Waals surface area contributed by atoms with E-state index in [0.29, 0.717) is 24.6 Å². The molecule has 0 unspecified atom stereocenters. The molecule has 0 aliphatic carbocycles. The Bertz CT molecular complexity index is 230. The van der Waals surface area contributed by atoms with Crippen molar-refractivity contribution < 1.29 is 0 Å². The molecule has 0 saturated heterocycles. The molecule has 1 aromatic carbocycles. The minimum Gasteiger partial charge on any atom is -0.0827 e. The molecule has 0 aliphatic rings. The van der Waals surface area contributed by atoms with Crippen molar-refractivity contribution in [3.05, 3.63) is 30.1 Å². The monoisotopic (exact) mass is 306 g/mol. The summed E-state index contributed by atoms with van der Waals surface area (Å²) < 4.78 is 0.581. The van der Waals surface area contributed by atoms with Crippen LogP contribution in [-0.4, -0.2) is 0 Å². The van der Waals surface area contributed by atoms with Crippen LogP contribution in [0.1, 0.15) is 5.56 Å². The molecule has 66 valence electrons. The molecule has 0 fully saturated rings. The summed E-state index contributed by atoms with van der Waals surface area (Å²) in [5.74, 6) is 0. The zero-order chi connectivity index (χ0) is 9.46. The first-order valence-corrected chi connectivity index (χ1v) is 5.25. The number of rotatable bonds is 0. The van der Waals surface area contributed by atoms with E-state index in [2.05, 4.69) is 15.9 Å². The molecule has 0 atom stereocenters. The molecule has 1 aromatic rings. The van der Waals surface area contributed by atoms with E-state index in [-0.39, 0.29) is 0 Å². The van der Waals surface area contributed by atoms with E-state index < -0.39 is 0 Å². The van der Waals surface area contributed by atoms with Crippen LogP contribution in [0.2, 0.25) is 20.1 Å². The standard InChI is InChI=1S/C7H3BrCl4/c1-2-4(9)3(8)6(11)7(12)5(2)10/h1H3. The lowest BCUT2D eigenvalue weighted by Gasteiger charge is -2.08. The average molecular weight is 309 g/mol. The lowest BCUT2D eigenvalue weighted by molar-refractivity contribution is 1.45. The second-order valence-electron chi connectivity index (χ2n) is 2.19. The molecule has 0 amide bonds. The van der Waals surface area contributed by atoms with Gasteiger partial charge in [-0.3, -0.25) is 0 Å². The molecule has 0 N–H and O–H groups in total. The van der Waals surface area contributed by atoms with Gasteiger partial charge < -0.3 is 0 Å². The smallest absolute Gasteiger partial charge is 0.0793 e. The molecule has 0 spiro atoms. The first kappa shape index (κ1) is 10.9. The predicted molar refractivity (Wildman–Crippen MR) is 58.9 cm³/mol. The van der Waals surface area contributed by atoms with E-state index in [1.807, 2.05) is 0 Å². The van der Waals surface area contributed by atoms with Crippen LogP contribution in [0.15, 0.2) is 4.47 Å². The summed E-state index contributed by atoms with van der Waals surface area (Å²) in [6, 6.07) is 0. The van der Waals surface area contributed by atoms with Gasteiger partial charge in [0.15, 0.2) is 0 Å². The van der Waals surface area contributed by atoms with Crippen LogP contribution < -0.4 is 0 Å². The van der Waals surface area contributed by atoms with Gasteiger partial charge in [0.2, 0.25) is 0 Å². The van der Waals surface area contributed by atoms with Crippen LogP contribution in [0.4, 0.5) is 0 Å². The number of hydrogen-bond acceptors (Lipinski definition) is 0. The summed E-state index contributed by atoms with van der Waals surface area (Å²) >= 11 is 26.6. The summed E-state index contributed by atoms with van der Waals surface area (Å²) in [6.45, 7) is 1.78. The molecule has 0 radical (unpaired) electrons. The van der Waals surface area contributed by atoms with Gasteiger partial charge in [0.05, 0.1) is 24.6 Å². The maximum Gasteiger partial charge on any atom is 0.0793 e. The van der Waals surface area contributed by atoms with Crippen molar-refractivity contribution in [1.82, 2.24) is 0 Å². The van der Waals surface area contributed by atoms with E-state index in [4.69, 9.17) is 46.4 Å². The minimum absolute atomic E-state index is 0.326. The van der Waals surface area contributed by atoms with Crippen LogP contribution in [0.25, 0.3) is 0 Å². The van der Waals surface area contributed by atoms with Crippen molar-refractivity contribution in [3.8, 4) is 0 Å². The normalized spacial score (nSPS) is 10.5. The summed E-state index contributed by atoms with van der Waals surface area (Å²) in [7, 11) is 0. The topological polar surface area (TPSA) is 0 Å². The average Bonchev–Trinajstić information content (AvgIpc) is 2.08. The van der Waals surface area contributed by atoms with Gasteiger partial charge in [-0.25, -0.2) is 0 Å². The van der Waals surface area contributed by atoms with Gasteiger partial charge in [0, 0.05) is 0 Å². The molecular formula is C7H3BrCl4. The summed E-state index contributed by atoms with van der Waals surface area (Å²) in [5, 5.41) is 1.56. The van der Waals surface area contributed by atoms with Crippen LogP contribution in [0.3, 0.4) is 0 Å². The molecule has 0 bridgehead atoms. The second-order valence-corrected chi connectivity index (χ2v) is 4.50. The Morgan fingerprint density at radius 1 is 0.833 bits per heavy atom. The Kier molecular flexibility index (Phi) is 3.58. The maximum absolute atomic E-state index is 5.89. The quantitative estimate of drug-likeness (QED) is 0.446. The second kappa shape index (κ2) is 3.93. The largest absolute Gasteiger partial charge is 0.0827 e. The number of halogens is 5. The fraction of sp³-hybridized carbons (Fsp3) is 0.143. The maximum atomic E-state index is 5.89. The fourth-order valence-electron chi connectivity index (χ4n) is 0.715. The molecule has 0 aliphatic heterocycles. The van der Waals surface area contributed by atoms with Gasteiger partial charge in [-0.1, -0.05) is 46.4 Å². The SMILES string of the molecule is Cc1c(Cl)c(Cl)c(Cl)c(Br)c1Cl. The zero-order valence-corrected chi connectivity index (χ0v) is 10.5. The Morgan fingerprint density at radius 3 is 1.83 bits per heavy atom.